The summed E-state index contributed by atoms with van der Waals surface area (Å²) in [6, 6.07) is 0. The molecule has 5 nitrogen and oxygen atoms in total. The number of anilines is 1. The van der Waals surface area contributed by atoms with Crippen LogP contribution in [-0.4, -0.2) is 21.9 Å². The Kier molecular flexibility index (Phi) is 4.35. The molecule has 3 unspecified atom stereocenters. The van der Waals surface area contributed by atoms with Gasteiger partial charge < -0.3 is 10.5 Å². The van der Waals surface area contributed by atoms with Crippen LogP contribution in [0.5, 0.6) is 0 Å². The number of ether oxygens (including phenoxy) is 1. The fourth-order valence-corrected chi connectivity index (χ4v) is 3.11. The minimum atomic E-state index is -0.396. The van der Waals surface area contributed by atoms with Crippen molar-refractivity contribution in [1.82, 2.24) is 9.78 Å². The fourth-order valence-electron chi connectivity index (χ4n) is 3.11. The minimum Gasteiger partial charge on any atom is -0.457 e. The molecule has 1 heterocycles. The van der Waals surface area contributed by atoms with Gasteiger partial charge in [0.05, 0.1) is 5.69 Å². The molecule has 0 aromatic carbocycles. The van der Waals surface area contributed by atoms with E-state index < -0.39 is 5.97 Å². The van der Waals surface area contributed by atoms with E-state index in [1.54, 1.807) is 13.2 Å². The summed E-state index contributed by atoms with van der Waals surface area (Å²) in [6.45, 7) is 6.60. The molecule has 1 aliphatic carbocycles. The van der Waals surface area contributed by atoms with Gasteiger partial charge in [-0.2, -0.15) is 5.10 Å². The van der Waals surface area contributed by atoms with Crippen molar-refractivity contribution in [3.8, 4) is 0 Å². The van der Waals surface area contributed by atoms with Crippen LogP contribution in [0.15, 0.2) is 6.20 Å². The highest BCUT2D eigenvalue weighted by atomic mass is 16.5. The second-order valence-corrected chi connectivity index (χ2v) is 6.38. The summed E-state index contributed by atoms with van der Waals surface area (Å²) >= 11 is 0. The number of hydrogen-bond acceptors (Lipinski definition) is 4. The molecule has 0 radical (unpaired) electrons. The van der Waals surface area contributed by atoms with Gasteiger partial charge in [-0.05, 0) is 30.6 Å². The Hall–Kier alpha value is -1.52. The number of nitrogens with zero attached hydrogens (tertiary/aromatic N) is 2. The van der Waals surface area contributed by atoms with Gasteiger partial charge in [-0.15, -0.1) is 0 Å². The Bertz CT molecular complexity index is 481. The molecule has 1 saturated carbocycles. The van der Waals surface area contributed by atoms with E-state index in [1.807, 2.05) is 0 Å². The van der Waals surface area contributed by atoms with Crippen LogP contribution >= 0.6 is 0 Å². The van der Waals surface area contributed by atoms with Gasteiger partial charge in [0.2, 0.25) is 0 Å². The molecule has 20 heavy (non-hydrogen) atoms. The molecule has 3 atom stereocenters. The Morgan fingerprint density at radius 2 is 2.20 bits per heavy atom. The van der Waals surface area contributed by atoms with E-state index >= 15 is 0 Å². The highest BCUT2D eigenvalue weighted by Crippen LogP contribution is 2.35. The third-order valence-electron chi connectivity index (χ3n) is 4.27. The van der Waals surface area contributed by atoms with Crippen LogP contribution in [-0.2, 0) is 11.8 Å². The molecule has 112 valence electrons. The third-order valence-corrected chi connectivity index (χ3v) is 4.27. The molecule has 0 amide bonds. The highest BCUT2D eigenvalue weighted by Gasteiger charge is 2.34. The molecule has 0 saturated heterocycles. The van der Waals surface area contributed by atoms with Crippen molar-refractivity contribution in [2.75, 3.05) is 5.73 Å². The third kappa shape index (κ3) is 3.14. The standard InChI is InChI=1S/C15H25N3O2/c1-9(2)11-6-5-10(3)7-13(11)20-15(19)14-12(16)8-18(4)17-14/h8-11,13H,5-7,16H2,1-4H3. The Morgan fingerprint density at radius 1 is 1.50 bits per heavy atom. The SMILES string of the molecule is CC1CCC(C(C)C)C(OC(=O)c2nn(C)cc2N)C1. The normalized spacial score (nSPS) is 26.8. The Labute approximate surface area is 120 Å². The molecular formula is C15H25N3O2. The first-order valence-electron chi connectivity index (χ1n) is 7.38. The summed E-state index contributed by atoms with van der Waals surface area (Å²) in [5.41, 5.74) is 6.39. The van der Waals surface area contributed by atoms with Crippen LogP contribution in [0.25, 0.3) is 0 Å². The first kappa shape index (κ1) is 14.9. The summed E-state index contributed by atoms with van der Waals surface area (Å²) < 4.78 is 7.26. The maximum absolute atomic E-state index is 12.2. The molecule has 2 N–H and O–H groups in total. The highest BCUT2D eigenvalue weighted by molar-refractivity contribution is 5.92. The van der Waals surface area contributed by atoms with E-state index in [9.17, 15) is 4.79 Å². The largest absolute Gasteiger partial charge is 0.457 e. The quantitative estimate of drug-likeness (QED) is 0.863. The lowest BCUT2D eigenvalue weighted by Gasteiger charge is -2.36. The van der Waals surface area contributed by atoms with Crippen LogP contribution in [0.3, 0.4) is 0 Å². The van der Waals surface area contributed by atoms with Crippen LogP contribution < -0.4 is 5.73 Å². The van der Waals surface area contributed by atoms with Crippen LogP contribution in [0.4, 0.5) is 5.69 Å². The fraction of sp³-hybridized carbons (Fsp3) is 0.733. The van der Waals surface area contributed by atoms with Crippen molar-refractivity contribution in [1.29, 1.82) is 0 Å². The number of rotatable bonds is 3. The van der Waals surface area contributed by atoms with Gasteiger partial charge in [0.25, 0.3) is 0 Å². The molecule has 5 heteroatoms. The molecule has 0 spiro atoms. The monoisotopic (exact) mass is 279 g/mol. The van der Waals surface area contributed by atoms with E-state index in [4.69, 9.17) is 10.5 Å². The number of nitrogens with two attached hydrogens (primary N) is 1. The predicted molar refractivity (Wildman–Crippen MR) is 78.2 cm³/mol. The van der Waals surface area contributed by atoms with Gasteiger partial charge in [0.1, 0.15) is 6.10 Å². The van der Waals surface area contributed by atoms with Gasteiger partial charge in [0.15, 0.2) is 5.69 Å². The minimum absolute atomic E-state index is 0.0207. The van der Waals surface area contributed by atoms with E-state index in [2.05, 4.69) is 25.9 Å². The smallest absolute Gasteiger partial charge is 0.361 e. The van der Waals surface area contributed by atoms with Crippen molar-refractivity contribution in [2.24, 2.45) is 24.8 Å². The number of aryl methyl sites for hydroxylation is 1. The average molecular weight is 279 g/mol. The lowest BCUT2D eigenvalue weighted by atomic mass is 9.75. The maximum Gasteiger partial charge on any atom is 0.361 e. The van der Waals surface area contributed by atoms with E-state index in [0.717, 1.165) is 12.8 Å². The summed E-state index contributed by atoms with van der Waals surface area (Å²) in [6.07, 6.45) is 4.87. The van der Waals surface area contributed by atoms with Crippen molar-refractivity contribution in [3.63, 3.8) is 0 Å². The van der Waals surface area contributed by atoms with Gasteiger partial charge in [-0.3, -0.25) is 4.68 Å². The van der Waals surface area contributed by atoms with Gasteiger partial charge >= 0.3 is 5.97 Å². The zero-order chi connectivity index (χ0) is 14.9. The number of esters is 1. The van der Waals surface area contributed by atoms with Crippen LogP contribution in [0, 0.1) is 17.8 Å². The number of aromatic nitrogens is 2. The lowest BCUT2D eigenvalue weighted by molar-refractivity contribution is -0.0178. The van der Waals surface area contributed by atoms with Crippen molar-refractivity contribution in [3.05, 3.63) is 11.9 Å². The van der Waals surface area contributed by atoms with Crippen molar-refractivity contribution < 1.29 is 9.53 Å². The number of carbonyl (C=O) groups excluding carboxylic acids is 1. The number of nitrogen functional groups attached to an aromatic ring is 1. The van der Waals surface area contributed by atoms with Crippen LogP contribution in [0.1, 0.15) is 50.5 Å². The molecule has 1 aliphatic rings. The average Bonchev–Trinajstić information content (AvgIpc) is 2.68. The first-order valence-corrected chi connectivity index (χ1v) is 7.38. The van der Waals surface area contributed by atoms with Crippen LogP contribution in [0.2, 0.25) is 0 Å². The summed E-state index contributed by atoms with van der Waals surface area (Å²) in [5, 5.41) is 4.08. The molecule has 0 bridgehead atoms. The molecule has 1 aromatic heterocycles. The molecule has 1 aromatic rings. The summed E-state index contributed by atoms with van der Waals surface area (Å²) in [5.74, 6) is 1.15. The van der Waals surface area contributed by atoms with E-state index in [0.29, 0.717) is 23.4 Å². The summed E-state index contributed by atoms with van der Waals surface area (Å²) in [4.78, 5) is 12.2. The first-order chi connectivity index (χ1) is 9.38. The molecular weight excluding hydrogens is 254 g/mol. The molecule has 2 rings (SSSR count). The molecule has 0 aliphatic heterocycles. The lowest BCUT2D eigenvalue weighted by Crippen LogP contribution is -2.36. The predicted octanol–water partition coefficient (Wildman–Crippen LogP) is 2.62. The zero-order valence-corrected chi connectivity index (χ0v) is 12.8. The Morgan fingerprint density at radius 3 is 2.75 bits per heavy atom. The maximum atomic E-state index is 12.2. The van der Waals surface area contributed by atoms with E-state index in [1.165, 1.54) is 11.1 Å². The van der Waals surface area contributed by atoms with Gasteiger partial charge in [0, 0.05) is 13.2 Å². The van der Waals surface area contributed by atoms with Crippen molar-refractivity contribution in [2.45, 2.75) is 46.1 Å². The number of hydrogen-bond donors (Lipinski definition) is 1. The van der Waals surface area contributed by atoms with Gasteiger partial charge in [-0.25, -0.2) is 4.79 Å². The van der Waals surface area contributed by atoms with E-state index in [-0.39, 0.29) is 11.8 Å². The zero-order valence-electron chi connectivity index (χ0n) is 12.8. The van der Waals surface area contributed by atoms with Crippen molar-refractivity contribution >= 4 is 11.7 Å². The van der Waals surface area contributed by atoms with Gasteiger partial charge in [-0.1, -0.05) is 27.2 Å². The second kappa shape index (κ2) is 5.85. The molecule has 1 fully saturated rings. The topological polar surface area (TPSA) is 70.1 Å². The second-order valence-electron chi connectivity index (χ2n) is 6.38. The summed E-state index contributed by atoms with van der Waals surface area (Å²) in [7, 11) is 1.74. The Balaban J connectivity index is 2.10. The number of carbonyl (C=O) groups is 1.